The number of hydrogen-bond donors (Lipinski definition) is 0. The number of anilines is 1. The average Bonchev–Trinajstić information content (AvgIpc) is 3.17. The summed E-state index contributed by atoms with van der Waals surface area (Å²) in [5.41, 5.74) is 3.30. The van der Waals surface area contributed by atoms with Crippen LogP contribution in [0.4, 0.5) is 10.7 Å². The fraction of sp³-hybridized carbons (Fsp3) is 0.300. The van der Waals surface area contributed by atoms with E-state index in [1.807, 2.05) is 37.3 Å². The number of amides is 1. The fourth-order valence-electron chi connectivity index (χ4n) is 3.41. The van der Waals surface area contributed by atoms with E-state index < -0.39 is 5.92 Å². The topological polar surface area (TPSA) is 68.8 Å². The summed E-state index contributed by atoms with van der Waals surface area (Å²) >= 11 is 1.58. The van der Waals surface area contributed by atoms with Crippen LogP contribution in [0, 0.1) is 17.2 Å². The zero-order valence-corrected chi connectivity index (χ0v) is 15.3. The molecule has 0 bridgehead atoms. The van der Waals surface area contributed by atoms with Crippen molar-refractivity contribution in [3.63, 3.8) is 0 Å². The van der Waals surface area contributed by atoms with E-state index in [1.54, 1.807) is 17.6 Å². The Hall–Kier alpha value is -2.78. The number of rotatable bonds is 3. The largest absolute Gasteiger partial charge is 0.271 e. The minimum Gasteiger partial charge on any atom is -0.271 e. The standard InChI is InChI=1S/C20H18N4OS/c1-13-17(20(25)24(23-13)14-7-3-2-4-8-14)12-22-19-16(11-21)15-9-5-6-10-18(15)26-19/h2-4,7-8,12,17H,5-6,9-10H2,1H3/b22-12+. The van der Waals surface area contributed by atoms with Gasteiger partial charge in [0.15, 0.2) is 0 Å². The second-order valence-corrected chi connectivity index (χ2v) is 7.57. The van der Waals surface area contributed by atoms with Crippen molar-refractivity contribution < 1.29 is 4.79 Å². The number of aryl methyl sites for hydroxylation is 1. The van der Waals surface area contributed by atoms with Crippen LogP contribution in [0.25, 0.3) is 0 Å². The fourth-order valence-corrected chi connectivity index (χ4v) is 4.60. The minimum absolute atomic E-state index is 0.114. The van der Waals surface area contributed by atoms with Gasteiger partial charge >= 0.3 is 0 Å². The first kappa shape index (κ1) is 16.7. The Balaban J connectivity index is 1.60. The van der Waals surface area contributed by atoms with Gasteiger partial charge in [-0.3, -0.25) is 4.79 Å². The summed E-state index contributed by atoms with van der Waals surface area (Å²) in [6.07, 6.45) is 5.91. The van der Waals surface area contributed by atoms with Crippen molar-refractivity contribution in [2.24, 2.45) is 16.0 Å². The van der Waals surface area contributed by atoms with E-state index in [4.69, 9.17) is 0 Å². The summed E-state index contributed by atoms with van der Waals surface area (Å²) in [6.45, 7) is 1.84. The highest BCUT2D eigenvalue weighted by Gasteiger charge is 2.33. The highest BCUT2D eigenvalue weighted by Crippen LogP contribution is 2.39. The van der Waals surface area contributed by atoms with E-state index in [0.29, 0.717) is 11.3 Å². The Labute approximate surface area is 156 Å². The third-order valence-electron chi connectivity index (χ3n) is 4.79. The van der Waals surface area contributed by atoms with E-state index in [-0.39, 0.29) is 5.91 Å². The van der Waals surface area contributed by atoms with Crippen LogP contribution < -0.4 is 5.01 Å². The quantitative estimate of drug-likeness (QED) is 0.766. The highest BCUT2D eigenvalue weighted by atomic mass is 32.1. The van der Waals surface area contributed by atoms with E-state index >= 15 is 0 Å². The van der Waals surface area contributed by atoms with Gasteiger partial charge in [0, 0.05) is 11.1 Å². The molecule has 1 aromatic heterocycles. The number of carbonyl (C=O) groups excluding carboxylic acids is 1. The Morgan fingerprint density at radius 2 is 2.08 bits per heavy atom. The average molecular weight is 362 g/mol. The second-order valence-electron chi connectivity index (χ2n) is 6.49. The van der Waals surface area contributed by atoms with Gasteiger partial charge in [-0.25, -0.2) is 4.99 Å². The Bertz CT molecular complexity index is 952. The molecule has 0 spiro atoms. The molecule has 130 valence electrons. The van der Waals surface area contributed by atoms with E-state index in [9.17, 15) is 10.1 Å². The van der Waals surface area contributed by atoms with Crippen molar-refractivity contribution in [2.75, 3.05) is 5.01 Å². The molecule has 0 N–H and O–H groups in total. The van der Waals surface area contributed by atoms with Crippen LogP contribution in [-0.4, -0.2) is 17.8 Å². The summed E-state index contributed by atoms with van der Waals surface area (Å²) in [4.78, 5) is 18.6. The van der Waals surface area contributed by atoms with Crippen LogP contribution in [-0.2, 0) is 17.6 Å². The molecule has 0 fully saturated rings. The third-order valence-corrected chi connectivity index (χ3v) is 5.99. The number of para-hydroxylation sites is 1. The Kier molecular flexibility index (Phi) is 4.39. The number of thiophene rings is 1. The molecule has 1 unspecified atom stereocenters. The van der Waals surface area contributed by atoms with Gasteiger partial charge in [0.05, 0.1) is 17.0 Å². The van der Waals surface area contributed by atoms with Gasteiger partial charge in [-0.15, -0.1) is 11.3 Å². The Morgan fingerprint density at radius 3 is 2.85 bits per heavy atom. The zero-order chi connectivity index (χ0) is 18.1. The molecule has 6 heteroatoms. The molecule has 26 heavy (non-hydrogen) atoms. The number of fused-ring (bicyclic) bond motifs is 1. The monoisotopic (exact) mass is 362 g/mol. The molecule has 2 heterocycles. The molecule has 0 saturated heterocycles. The lowest BCUT2D eigenvalue weighted by Gasteiger charge is -2.12. The summed E-state index contributed by atoms with van der Waals surface area (Å²) in [5.74, 6) is -0.599. The number of carbonyl (C=O) groups is 1. The molecule has 0 radical (unpaired) electrons. The maximum absolute atomic E-state index is 12.7. The number of hydrazone groups is 1. The van der Waals surface area contributed by atoms with Crippen LogP contribution in [0.15, 0.2) is 40.4 Å². The lowest BCUT2D eigenvalue weighted by molar-refractivity contribution is -0.118. The molecule has 4 rings (SSSR count). The van der Waals surface area contributed by atoms with Gasteiger partial charge < -0.3 is 0 Å². The Morgan fingerprint density at radius 1 is 1.31 bits per heavy atom. The maximum Gasteiger partial charge on any atom is 0.261 e. The maximum atomic E-state index is 12.7. The molecule has 1 amide bonds. The lowest BCUT2D eigenvalue weighted by Crippen LogP contribution is -2.27. The van der Waals surface area contributed by atoms with Gasteiger partial charge in [-0.1, -0.05) is 18.2 Å². The van der Waals surface area contributed by atoms with Gasteiger partial charge in [-0.2, -0.15) is 15.4 Å². The van der Waals surface area contributed by atoms with Gasteiger partial charge in [0.2, 0.25) is 0 Å². The molecule has 0 saturated carbocycles. The van der Waals surface area contributed by atoms with Gasteiger partial charge in [0.1, 0.15) is 17.0 Å². The van der Waals surface area contributed by atoms with Gasteiger partial charge in [0.25, 0.3) is 5.91 Å². The van der Waals surface area contributed by atoms with E-state index in [0.717, 1.165) is 35.5 Å². The molecule has 1 aromatic carbocycles. The predicted molar refractivity (Wildman–Crippen MR) is 104 cm³/mol. The molecule has 1 aliphatic heterocycles. The number of aliphatic imine (C=N–C) groups is 1. The molecular weight excluding hydrogens is 344 g/mol. The molecule has 1 atom stereocenters. The zero-order valence-electron chi connectivity index (χ0n) is 14.5. The SMILES string of the molecule is CC1=NN(c2ccccc2)C(=O)C1/C=N/c1sc2c(c1C#N)CCCC2. The molecule has 1 aliphatic carbocycles. The molecule has 5 nitrogen and oxygen atoms in total. The number of nitriles is 1. The number of benzene rings is 1. The van der Waals surface area contributed by atoms with Crippen molar-refractivity contribution in [3.8, 4) is 6.07 Å². The summed E-state index contributed by atoms with van der Waals surface area (Å²) in [5, 5.41) is 16.1. The van der Waals surface area contributed by atoms with Crippen molar-refractivity contribution in [1.82, 2.24) is 0 Å². The van der Waals surface area contributed by atoms with Crippen molar-refractivity contribution >= 4 is 39.9 Å². The van der Waals surface area contributed by atoms with Crippen molar-refractivity contribution in [1.29, 1.82) is 5.26 Å². The highest BCUT2D eigenvalue weighted by molar-refractivity contribution is 7.16. The smallest absolute Gasteiger partial charge is 0.261 e. The minimum atomic E-state index is -0.485. The van der Waals surface area contributed by atoms with Crippen LogP contribution >= 0.6 is 11.3 Å². The number of nitrogens with zero attached hydrogens (tertiary/aromatic N) is 4. The first-order valence-electron chi connectivity index (χ1n) is 8.72. The van der Waals surface area contributed by atoms with Crippen LogP contribution in [0.1, 0.15) is 35.8 Å². The first-order valence-corrected chi connectivity index (χ1v) is 9.53. The predicted octanol–water partition coefficient (Wildman–Crippen LogP) is 4.24. The van der Waals surface area contributed by atoms with Crippen molar-refractivity contribution in [3.05, 3.63) is 46.3 Å². The summed E-state index contributed by atoms with van der Waals surface area (Å²) in [7, 11) is 0. The van der Waals surface area contributed by atoms with Crippen molar-refractivity contribution in [2.45, 2.75) is 32.6 Å². The van der Waals surface area contributed by atoms with E-state index in [2.05, 4.69) is 16.2 Å². The van der Waals surface area contributed by atoms with Crippen LogP contribution in [0.5, 0.6) is 0 Å². The lowest BCUT2D eigenvalue weighted by atomic mass is 9.96. The number of hydrogen-bond acceptors (Lipinski definition) is 5. The third kappa shape index (κ3) is 2.85. The first-order chi connectivity index (χ1) is 12.7. The van der Waals surface area contributed by atoms with Crippen LogP contribution in [0.2, 0.25) is 0 Å². The molecule has 2 aromatic rings. The summed E-state index contributed by atoms with van der Waals surface area (Å²) in [6, 6.07) is 11.7. The van der Waals surface area contributed by atoms with Gasteiger partial charge in [-0.05, 0) is 50.3 Å². The molecule has 2 aliphatic rings. The second kappa shape index (κ2) is 6.85. The molecular formula is C20H18N4OS. The summed E-state index contributed by atoms with van der Waals surface area (Å²) < 4.78 is 0. The van der Waals surface area contributed by atoms with E-state index in [1.165, 1.54) is 16.3 Å². The normalized spacial score (nSPS) is 19.5. The van der Waals surface area contributed by atoms with Crippen LogP contribution in [0.3, 0.4) is 0 Å².